The molecule has 2 aromatic carbocycles. The molecule has 0 aliphatic heterocycles. The summed E-state index contributed by atoms with van der Waals surface area (Å²) < 4.78 is 10.3. The second-order valence-electron chi connectivity index (χ2n) is 4.11. The summed E-state index contributed by atoms with van der Waals surface area (Å²) in [4.78, 5) is 12.1. The highest BCUT2D eigenvalue weighted by Crippen LogP contribution is 2.34. The van der Waals surface area contributed by atoms with E-state index in [0.29, 0.717) is 28.4 Å². The van der Waals surface area contributed by atoms with Crippen molar-refractivity contribution in [2.24, 2.45) is 0 Å². The zero-order valence-electron chi connectivity index (χ0n) is 11.3. The molecule has 0 spiro atoms. The van der Waals surface area contributed by atoms with Crippen LogP contribution in [0.4, 0.5) is 11.4 Å². The average molecular weight is 272 g/mol. The number of amides is 1. The number of anilines is 2. The summed E-state index contributed by atoms with van der Waals surface area (Å²) in [6.45, 7) is 0. The van der Waals surface area contributed by atoms with Crippen LogP contribution in [0.1, 0.15) is 10.4 Å². The molecule has 0 heterocycles. The number of nitrogen functional groups attached to an aromatic ring is 1. The lowest BCUT2D eigenvalue weighted by molar-refractivity contribution is 0.102. The number of nitrogens with one attached hydrogen (secondary N) is 1. The summed E-state index contributed by atoms with van der Waals surface area (Å²) in [5, 5.41) is 2.75. The zero-order valence-corrected chi connectivity index (χ0v) is 11.3. The minimum atomic E-state index is -0.232. The first-order valence-electron chi connectivity index (χ1n) is 6.03. The van der Waals surface area contributed by atoms with Crippen LogP contribution in [0.25, 0.3) is 0 Å². The van der Waals surface area contributed by atoms with Crippen LogP contribution >= 0.6 is 0 Å². The fourth-order valence-corrected chi connectivity index (χ4v) is 1.79. The third-order valence-electron chi connectivity index (χ3n) is 2.84. The standard InChI is InChI=1S/C15H16N2O3/c1-19-13-8-11(16)12(9-14(13)20-2)17-15(18)10-6-4-3-5-7-10/h3-9H,16H2,1-2H3,(H,17,18). The van der Waals surface area contributed by atoms with E-state index < -0.39 is 0 Å². The molecular weight excluding hydrogens is 256 g/mol. The van der Waals surface area contributed by atoms with Crippen molar-refractivity contribution in [3.8, 4) is 11.5 Å². The van der Waals surface area contributed by atoms with Gasteiger partial charge in [0.1, 0.15) is 0 Å². The van der Waals surface area contributed by atoms with E-state index in [2.05, 4.69) is 5.32 Å². The number of methoxy groups -OCH3 is 2. The molecule has 0 radical (unpaired) electrons. The number of nitrogens with two attached hydrogens (primary N) is 1. The monoisotopic (exact) mass is 272 g/mol. The number of benzene rings is 2. The van der Waals surface area contributed by atoms with Gasteiger partial charge in [-0.2, -0.15) is 0 Å². The van der Waals surface area contributed by atoms with Gasteiger partial charge in [0.05, 0.1) is 25.6 Å². The highest BCUT2D eigenvalue weighted by molar-refractivity contribution is 6.06. The van der Waals surface area contributed by atoms with Gasteiger partial charge >= 0.3 is 0 Å². The van der Waals surface area contributed by atoms with Crippen molar-refractivity contribution in [3.63, 3.8) is 0 Å². The number of rotatable bonds is 4. The van der Waals surface area contributed by atoms with Crippen LogP contribution < -0.4 is 20.5 Å². The molecule has 0 atom stereocenters. The van der Waals surface area contributed by atoms with Gasteiger partial charge in [-0.15, -0.1) is 0 Å². The second-order valence-corrected chi connectivity index (χ2v) is 4.11. The molecule has 20 heavy (non-hydrogen) atoms. The maximum Gasteiger partial charge on any atom is 0.255 e. The SMILES string of the molecule is COc1cc(N)c(NC(=O)c2ccccc2)cc1OC. The molecule has 0 aliphatic carbocycles. The molecule has 0 aromatic heterocycles. The van der Waals surface area contributed by atoms with Gasteiger partial charge in [-0.3, -0.25) is 4.79 Å². The third kappa shape index (κ3) is 2.83. The molecule has 1 amide bonds. The van der Waals surface area contributed by atoms with E-state index in [4.69, 9.17) is 15.2 Å². The fourth-order valence-electron chi connectivity index (χ4n) is 1.79. The maximum absolute atomic E-state index is 12.1. The maximum atomic E-state index is 12.1. The largest absolute Gasteiger partial charge is 0.493 e. The van der Waals surface area contributed by atoms with Gasteiger partial charge < -0.3 is 20.5 Å². The van der Waals surface area contributed by atoms with Crippen LogP contribution in [-0.2, 0) is 0 Å². The van der Waals surface area contributed by atoms with E-state index in [1.54, 1.807) is 36.4 Å². The molecule has 0 fully saturated rings. The Kier molecular flexibility index (Phi) is 4.10. The van der Waals surface area contributed by atoms with E-state index in [1.165, 1.54) is 14.2 Å². The van der Waals surface area contributed by atoms with Crippen LogP contribution in [0.3, 0.4) is 0 Å². The van der Waals surface area contributed by atoms with Gasteiger partial charge in [-0.05, 0) is 12.1 Å². The van der Waals surface area contributed by atoms with Gasteiger partial charge in [-0.1, -0.05) is 18.2 Å². The van der Waals surface area contributed by atoms with Gasteiger partial charge in [0.15, 0.2) is 11.5 Å². The van der Waals surface area contributed by atoms with Crippen LogP contribution in [0.15, 0.2) is 42.5 Å². The Labute approximate surface area is 117 Å². The number of ether oxygens (including phenoxy) is 2. The minimum Gasteiger partial charge on any atom is -0.493 e. The molecule has 0 aliphatic rings. The second kappa shape index (κ2) is 5.97. The Morgan fingerprint density at radius 3 is 2.25 bits per heavy atom. The lowest BCUT2D eigenvalue weighted by Crippen LogP contribution is -2.13. The Morgan fingerprint density at radius 2 is 1.65 bits per heavy atom. The summed E-state index contributed by atoms with van der Waals surface area (Å²) >= 11 is 0. The first-order chi connectivity index (χ1) is 9.65. The quantitative estimate of drug-likeness (QED) is 0.839. The van der Waals surface area contributed by atoms with Crippen LogP contribution in [0.5, 0.6) is 11.5 Å². The van der Waals surface area contributed by atoms with Crippen molar-refractivity contribution in [1.29, 1.82) is 0 Å². The molecule has 0 saturated heterocycles. The van der Waals surface area contributed by atoms with E-state index >= 15 is 0 Å². The number of hydrogen-bond acceptors (Lipinski definition) is 4. The van der Waals surface area contributed by atoms with Crippen molar-refractivity contribution < 1.29 is 14.3 Å². The zero-order chi connectivity index (χ0) is 14.5. The summed E-state index contributed by atoms with van der Waals surface area (Å²) in [5.41, 5.74) is 7.35. The summed E-state index contributed by atoms with van der Waals surface area (Å²) in [7, 11) is 3.05. The molecule has 5 heteroatoms. The molecule has 0 unspecified atom stereocenters. The van der Waals surface area contributed by atoms with Crippen molar-refractivity contribution >= 4 is 17.3 Å². The Hall–Kier alpha value is -2.69. The molecule has 5 nitrogen and oxygen atoms in total. The Bertz CT molecular complexity index is 612. The van der Waals surface area contributed by atoms with E-state index in [9.17, 15) is 4.79 Å². The molecule has 104 valence electrons. The average Bonchev–Trinajstić information content (AvgIpc) is 2.49. The Morgan fingerprint density at radius 1 is 1.05 bits per heavy atom. The summed E-state index contributed by atoms with van der Waals surface area (Å²) in [5.74, 6) is 0.789. The Balaban J connectivity index is 2.28. The van der Waals surface area contributed by atoms with Crippen molar-refractivity contribution in [3.05, 3.63) is 48.0 Å². The molecule has 2 rings (SSSR count). The molecule has 3 N–H and O–H groups in total. The molecular formula is C15H16N2O3. The number of carbonyl (C=O) groups excluding carboxylic acids is 1. The molecule has 0 bridgehead atoms. The predicted octanol–water partition coefficient (Wildman–Crippen LogP) is 2.54. The van der Waals surface area contributed by atoms with Crippen LogP contribution in [-0.4, -0.2) is 20.1 Å². The van der Waals surface area contributed by atoms with Gasteiger partial charge in [0.2, 0.25) is 0 Å². The lowest BCUT2D eigenvalue weighted by Gasteiger charge is -2.13. The number of hydrogen-bond donors (Lipinski definition) is 2. The van der Waals surface area contributed by atoms with Gasteiger partial charge in [0.25, 0.3) is 5.91 Å². The van der Waals surface area contributed by atoms with E-state index in [0.717, 1.165) is 0 Å². The van der Waals surface area contributed by atoms with E-state index in [1.807, 2.05) is 6.07 Å². The summed E-state index contributed by atoms with van der Waals surface area (Å²) in [6.07, 6.45) is 0. The van der Waals surface area contributed by atoms with Gasteiger partial charge in [-0.25, -0.2) is 0 Å². The van der Waals surface area contributed by atoms with Crippen molar-refractivity contribution in [2.75, 3.05) is 25.3 Å². The predicted molar refractivity (Wildman–Crippen MR) is 78.4 cm³/mol. The first-order valence-corrected chi connectivity index (χ1v) is 6.03. The normalized spacial score (nSPS) is 9.90. The van der Waals surface area contributed by atoms with E-state index in [-0.39, 0.29) is 5.91 Å². The highest BCUT2D eigenvalue weighted by atomic mass is 16.5. The van der Waals surface area contributed by atoms with Crippen molar-refractivity contribution in [1.82, 2.24) is 0 Å². The van der Waals surface area contributed by atoms with Crippen LogP contribution in [0, 0.1) is 0 Å². The summed E-state index contributed by atoms with van der Waals surface area (Å²) in [6, 6.07) is 12.1. The topological polar surface area (TPSA) is 73.6 Å². The minimum absolute atomic E-state index is 0.232. The smallest absolute Gasteiger partial charge is 0.255 e. The first kappa shape index (κ1) is 13.7. The highest BCUT2D eigenvalue weighted by Gasteiger charge is 2.12. The lowest BCUT2D eigenvalue weighted by atomic mass is 10.2. The van der Waals surface area contributed by atoms with Crippen molar-refractivity contribution in [2.45, 2.75) is 0 Å². The van der Waals surface area contributed by atoms with Gasteiger partial charge in [0, 0.05) is 17.7 Å². The fraction of sp³-hybridized carbons (Fsp3) is 0.133. The number of carbonyl (C=O) groups is 1. The van der Waals surface area contributed by atoms with Crippen LogP contribution in [0.2, 0.25) is 0 Å². The molecule has 2 aromatic rings. The third-order valence-corrected chi connectivity index (χ3v) is 2.84. The molecule has 0 saturated carbocycles.